The number of hydrogen-bond acceptors (Lipinski definition) is 4. The van der Waals surface area contributed by atoms with Crippen LogP contribution in [0, 0.1) is 0 Å². The van der Waals surface area contributed by atoms with E-state index < -0.39 is 11.9 Å². The van der Waals surface area contributed by atoms with Crippen LogP contribution in [0.4, 0.5) is 0 Å². The minimum atomic E-state index is -0.507. The maximum absolute atomic E-state index is 12.9. The molecule has 7 heteroatoms. The summed E-state index contributed by atoms with van der Waals surface area (Å²) in [5, 5.41) is 4.68. The summed E-state index contributed by atoms with van der Waals surface area (Å²) < 4.78 is 0. The molecular formula is C19H21ClN4O2. The van der Waals surface area contributed by atoms with E-state index in [2.05, 4.69) is 5.32 Å². The number of nitrogens with zero attached hydrogens (tertiary/aromatic N) is 2. The highest BCUT2D eigenvalue weighted by Gasteiger charge is 2.27. The Morgan fingerprint density at radius 1 is 1.27 bits per heavy atom. The van der Waals surface area contributed by atoms with Gasteiger partial charge in [0, 0.05) is 36.3 Å². The number of carbonyl (C=O) groups is 2. The molecule has 1 aromatic heterocycles. The summed E-state index contributed by atoms with van der Waals surface area (Å²) in [6.45, 7) is 1.37. The number of aryl methyl sites for hydroxylation is 1. The third-order valence-electron chi connectivity index (χ3n) is 5.25. The van der Waals surface area contributed by atoms with Crippen molar-refractivity contribution in [1.29, 1.82) is 0 Å². The second kappa shape index (κ2) is 6.85. The first-order valence-corrected chi connectivity index (χ1v) is 9.35. The zero-order chi connectivity index (χ0) is 18.3. The fourth-order valence-electron chi connectivity index (χ4n) is 3.81. The number of aromatic nitrogens is 1. The molecule has 1 atom stereocenters. The average Bonchev–Trinajstić information content (AvgIpc) is 2.67. The molecule has 1 saturated heterocycles. The monoisotopic (exact) mass is 372 g/mol. The van der Waals surface area contributed by atoms with Crippen LogP contribution in [0.2, 0.25) is 5.02 Å². The van der Waals surface area contributed by atoms with Gasteiger partial charge < -0.3 is 16.0 Å². The van der Waals surface area contributed by atoms with Crippen LogP contribution in [0.5, 0.6) is 0 Å². The predicted octanol–water partition coefficient (Wildman–Crippen LogP) is 1.67. The summed E-state index contributed by atoms with van der Waals surface area (Å²) in [5.74, 6) is -0.559. The van der Waals surface area contributed by atoms with Gasteiger partial charge in [-0.05, 0) is 43.4 Å². The summed E-state index contributed by atoms with van der Waals surface area (Å²) in [5.41, 5.74) is 8.87. The number of nitrogens with one attached hydrogen (secondary N) is 1. The van der Waals surface area contributed by atoms with E-state index in [-0.39, 0.29) is 12.5 Å². The molecule has 2 aromatic rings. The number of piperazine rings is 1. The van der Waals surface area contributed by atoms with Gasteiger partial charge >= 0.3 is 0 Å². The van der Waals surface area contributed by atoms with Crippen molar-refractivity contribution >= 4 is 34.3 Å². The fraction of sp³-hybridized carbons (Fsp3) is 0.421. The number of amides is 2. The number of primary amides is 1. The lowest BCUT2D eigenvalue weighted by molar-refractivity contribution is -0.120. The van der Waals surface area contributed by atoms with E-state index in [1.807, 2.05) is 6.07 Å². The Hall–Kier alpha value is -2.18. The summed E-state index contributed by atoms with van der Waals surface area (Å²) in [7, 11) is 0. The van der Waals surface area contributed by atoms with Crippen LogP contribution in [0.1, 0.15) is 34.5 Å². The highest BCUT2D eigenvalue weighted by atomic mass is 35.5. The SMILES string of the molecule is NC(=O)C1CN(C(=O)c2ccc3c(Cl)c4c(nc3c2)CCCC4)CCN1. The van der Waals surface area contributed by atoms with Gasteiger partial charge in [0.05, 0.1) is 10.5 Å². The van der Waals surface area contributed by atoms with Gasteiger partial charge in [-0.25, -0.2) is 0 Å². The first-order valence-electron chi connectivity index (χ1n) is 8.97. The van der Waals surface area contributed by atoms with Crippen LogP contribution in [-0.2, 0) is 17.6 Å². The Kier molecular flexibility index (Phi) is 4.54. The number of rotatable bonds is 2. The smallest absolute Gasteiger partial charge is 0.254 e. The van der Waals surface area contributed by atoms with Gasteiger partial charge in [-0.15, -0.1) is 0 Å². The van der Waals surface area contributed by atoms with E-state index in [1.54, 1.807) is 17.0 Å². The van der Waals surface area contributed by atoms with Crippen LogP contribution in [0.3, 0.4) is 0 Å². The third kappa shape index (κ3) is 3.04. The standard InChI is InChI=1S/C19H21ClN4O2/c20-17-12-3-1-2-4-14(12)23-15-9-11(5-6-13(15)17)19(26)24-8-7-22-16(10-24)18(21)25/h5-6,9,16,22H,1-4,7-8,10H2,(H2,21,25). The molecule has 2 amide bonds. The molecule has 1 aliphatic heterocycles. The average molecular weight is 373 g/mol. The van der Waals surface area contributed by atoms with Crippen LogP contribution >= 0.6 is 11.6 Å². The molecule has 1 fully saturated rings. The second-order valence-electron chi connectivity index (χ2n) is 6.95. The quantitative estimate of drug-likeness (QED) is 0.839. The number of fused-ring (bicyclic) bond motifs is 2. The topological polar surface area (TPSA) is 88.3 Å². The van der Waals surface area contributed by atoms with Gasteiger partial charge in [-0.1, -0.05) is 17.7 Å². The van der Waals surface area contributed by atoms with Crippen molar-refractivity contribution < 1.29 is 9.59 Å². The molecule has 26 heavy (non-hydrogen) atoms. The lowest BCUT2D eigenvalue weighted by Crippen LogP contribution is -2.57. The summed E-state index contributed by atoms with van der Waals surface area (Å²) >= 11 is 6.60. The maximum atomic E-state index is 12.9. The van der Waals surface area contributed by atoms with Crippen molar-refractivity contribution in [3.63, 3.8) is 0 Å². The van der Waals surface area contributed by atoms with Crippen molar-refractivity contribution in [3.05, 3.63) is 40.0 Å². The predicted molar refractivity (Wildman–Crippen MR) is 100 cm³/mol. The van der Waals surface area contributed by atoms with E-state index in [0.29, 0.717) is 18.7 Å². The van der Waals surface area contributed by atoms with Gasteiger partial charge in [-0.3, -0.25) is 14.6 Å². The molecular weight excluding hydrogens is 352 g/mol. The Morgan fingerprint density at radius 2 is 2.08 bits per heavy atom. The normalized spacial score (nSPS) is 20.0. The molecule has 0 saturated carbocycles. The molecule has 0 radical (unpaired) electrons. The second-order valence-corrected chi connectivity index (χ2v) is 7.33. The van der Waals surface area contributed by atoms with Crippen molar-refractivity contribution in [2.24, 2.45) is 5.73 Å². The number of halogens is 1. The van der Waals surface area contributed by atoms with Gasteiger partial charge in [-0.2, -0.15) is 0 Å². The number of benzene rings is 1. The lowest BCUT2D eigenvalue weighted by atomic mass is 9.94. The zero-order valence-corrected chi connectivity index (χ0v) is 15.2. The minimum Gasteiger partial charge on any atom is -0.368 e. The molecule has 1 unspecified atom stereocenters. The van der Waals surface area contributed by atoms with Gasteiger partial charge in [0.2, 0.25) is 5.91 Å². The Bertz CT molecular complexity index is 899. The minimum absolute atomic E-state index is 0.115. The van der Waals surface area contributed by atoms with Crippen molar-refractivity contribution in [2.75, 3.05) is 19.6 Å². The number of nitrogens with two attached hydrogens (primary N) is 1. The van der Waals surface area contributed by atoms with Crippen LogP contribution < -0.4 is 11.1 Å². The molecule has 2 aliphatic rings. The van der Waals surface area contributed by atoms with Gasteiger partial charge in [0.1, 0.15) is 6.04 Å². The van der Waals surface area contributed by atoms with Crippen molar-refractivity contribution in [1.82, 2.24) is 15.2 Å². The molecule has 3 N–H and O–H groups in total. The molecule has 2 heterocycles. The highest BCUT2D eigenvalue weighted by molar-refractivity contribution is 6.36. The lowest BCUT2D eigenvalue weighted by Gasteiger charge is -2.32. The van der Waals surface area contributed by atoms with Gasteiger partial charge in [0.25, 0.3) is 5.91 Å². The summed E-state index contributed by atoms with van der Waals surface area (Å²) in [6, 6.07) is 4.96. The summed E-state index contributed by atoms with van der Waals surface area (Å²) in [4.78, 5) is 30.7. The third-order valence-corrected chi connectivity index (χ3v) is 5.68. The maximum Gasteiger partial charge on any atom is 0.254 e. The van der Waals surface area contributed by atoms with E-state index in [4.69, 9.17) is 22.3 Å². The fourth-order valence-corrected chi connectivity index (χ4v) is 4.17. The molecule has 0 bridgehead atoms. The van der Waals surface area contributed by atoms with Crippen molar-refractivity contribution in [3.8, 4) is 0 Å². The number of carbonyl (C=O) groups excluding carboxylic acids is 2. The Balaban J connectivity index is 1.66. The number of pyridine rings is 1. The van der Waals surface area contributed by atoms with E-state index >= 15 is 0 Å². The first-order chi connectivity index (χ1) is 12.5. The largest absolute Gasteiger partial charge is 0.368 e. The molecule has 0 spiro atoms. The first kappa shape index (κ1) is 17.2. The Morgan fingerprint density at radius 3 is 2.88 bits per heavy atom. The van der Waals surface area contributed by atoms with E-state index in [0.717, 1.165) is 52.9 Å². The van der Waals surface area contributed by atoms with E-state index in [9.17, 15) is 9.59 Å². The Labute approximate surface area is 156 Å². The van der Waals surface area contributed by atoms with Crippen LogP contribution in [0.25, 0.3) is 10.9 Å². The van der Waals surface area contributed by atoms with E-state index in [1.165, 1.54) is 0 Å². The summed E-state index contributed by atoms with van der Waals surface area (Å²) in [6.07, 6.45) is 4.16. The molecule has 136 valence electrons. The van der Waals surface area contributed by atoms with Crippen molar-refractivity contribution in [2.45, 2.75) is 31.7 Å². The molecule has 4 rings (SSSR count). The number of hydrogen-bond donors (Lipinski definition) is 2. The molecule has 1 aliphatic carbocycles. The van der Waals surface area contributed by atoms with Crippen LogP contribution in [0.15, 0.2) is 18.2 Å². The molecule has 6 nitrogen and oxygen atoms in total. The van der Waals surface area contributed by atoms with Gasteiger partial charge in [0.15, 0.2) is 0 Å². The molecule has 1 aromatic carbocycles. The highest BCUT2D eigenvalue weighted by Crippen LogP contribution is 2.33. The van der Waals surface area contributed by atoms with Crippen LogP contribution in [-0.4, -0.2) is 47.4 Å². The zero-order valence-electron chi connectivity index (χ0n) is 14.4.